The average Bonchev–Trinajstić information content (AvgIpc) is 2.92. The van der Waals surface area contributed by atoms with Crippen molar-refractivity contribution >= 4 is 29.5 Å². The Morgan fingerprint density at radius 1 is 1.26 bits per heavy atom. The van der Waals surface area contributed by atoms with Crippen molar-refractivity contribution < 1.29 is 23.9 Å². The maximum Gasteiger partial charge on any atom is 0.344 e. The predicted molar refractivity (Wildman–Crippen MR) is 101 cm³/mol. The number of amides is 2. The van der Waals surface area contributed by atoms with Gasteiger partial charge in [0.1, 0.15) is 5.75 Å². The first-order valence-corrected chi connectivity index (χ1v) is 9.78. The van der Waals surface area contributed by atoms with Crippen molar-refractivity contribution in [1.29, 1.82) is 0 Å². The molecule has 1 aromatic rings. The van der Waals surface area contributed by atoms with Crippen LogP contribution in [-0.2, 0) is 19.1 Å². The van der Waals surface area contributed by atoms with E-state index in [9.17, 15) is 14.4 Å². The second-order valence-corrected chi connectivity index (χ2v) is 7.41. The van der Waals surface area contributed by atoms with E-state index in [1.807, 2.05) is 24.3 Å². The van der Waals surface area contributed by atoms with Crippen LogP contribution >= 0.6 is 11.8 Å². The standard InChI is InChI=1S/C20H21NO5S/c1-2-25-17(22)13-26-14-6-8-15(9-7-14)27-12-11-20-10-4-3-5-16(20)18(23)21-19(20)24/h3-9H,2,10-13H2,1H3,(H,21,23,24). The van der Waals surface area contributed by atoms with Crippen LogP contribution in [0.2, 0.25) is 0 Å². The normalized spacial score (nSPS) is 20.7. The number of benzene rings is 1. The first kappa shape index (κ1) is 19.2. The van der Waals surface area contributed by atoms with E-state index >= 15 is 0 Å². The van der Waals surface area contributed by atoms with Crippen LogP contribution in [0.4, 0.5) is 0 Å². The van der Waals surface area contributed by atoms with Gasteiger partial charge in [0.15, 0.2) is 6.61 Å². The molecule has 1 heterocycles. The van der Waals surface area contributed by atoms with Gasteiger partial charge in [0.2, 0.25) is 5.91 Å². The highest BCUT2D eigenvalue weighted by molar-refractivity contribution is 7.99. The van der Waals surface area contributed by atoms with Crippen molar-refractivity contribution in [2.75, 3.05) is 19.0 Å². The van der Waals surface area contributed by atoms with Crippen molar-refractivity contribution in [3.63, 3.8) is 0 Å². The Morgan fingerprint density at radius 3 is 2.78 bits per heavy atom. The lowest BCUT2D eigenvalue weighted by molar-refractivity contribution is -0.145. The number of hydrogen-bond donors (Lipinski definition) is 1. The Bertz CT molecular complexity index is 799. The summed E-state index contributed by atoms with van der Waals surface area (Å²) in [6, 6.07) is 7.39. The molecule has 1 saturated heterocycles. The summed E-state index contributed by atoms with van der Waals surface area (Å²) in [5.74, 6) is 0.415. The average molecular weight is 387 g/mol. The lowest BCUT2D eigenvalue weighted by Gasteiger charge is -2.27. The van der Waals surface area contributed by atoms with Gasteiger partial charge in [0, 0.05) is 10.5 Å². The van der Waals surface area contributed by atoms with E-state index in [1.54, 1.807) is 36.9 Å². The van der Waals surface area contributed by atoms with E-state index in [1.165, 1.54) is 0 Å². The maximum atomic E-state index is 12.3. The van der Waals surface area contributed by atoms with E-state index in [0.717, 1.165) is 4.90 Å². The molecule has 1 aromatic carbocycles. The van der Waals surface area contributed by atoms with Crippen LogP contribution in [0.1, 0.15) is 19.8 Å². The van der Waals surface area contributed by atoms with Gasteiger partial charge >= 0.3 is 5.97 Å². The number of thioether (sulfide) groups is 1. The van der Waals surface area contributed by atoms with E-state index in [2.05, 4.69) is 5.32 Å². The van der Waals surface area contributed by atoms with Gasteiger partial charge in [-0.15, -0.1) is 11.8 Å². The van der Waals surface area contributed by atoms with Gasteiger partial charge in [0.05, 0.1) is 12.0 Å². The van der Waals surface area contributed by atoms with Crippen molar-refractivity contribution in [2.45, 2.75) is 24.7 Å². The van der Waals surface area contributed by atoms with Crippen LogP contribution in [-0.4, -0.2) is 36.8 Å². The zero-order valence-electron chi connectivity index (χ0n) is 15.0. The van der Waals surface area contributed by atoms with Gasteiger partial charge < -0.3 is 9.47 Å². The molecule has 7 heteroatoms. The van der Waals surface area contributed by atoms with E-state index in [0.29, 0.717) is 36.5 Å². The smallest absolute Gasteiger partial charge is 0.344 e. The molecule has 0 bridgehead atoms. The molecular formula is C20H21NO5S. The van der Waals surface area contributed by atoms with Crippen LogP contribution in [0.25, 0.3) is 0 Å². The number of carbonyl (C=O) groups is 3. The van der Waals surface area contributed by atoms with Gasteiger partial charge in [-0.25, -0.2) is 4.79 Å². The summed E-state index contributed by atoms with van der Waals surface area (Å²) >= 11 is 1.61. The molecule has 0 aromatic heterocycles. The first-order chi connectivity index (χ1) is 13.0. The molecule has 27 heavy (non-hydrogen) atoms. The number of ether oxygens (including phenoxy) is 2. The number of esters is 1. The predicted octanol–water partition coefficient (Wildman–Crippen LogP) is 2.64. The number of carbonyl (C=O) groups excluding carboxylic acids is 3. The van der Waals surface area contributed by atoms with Crippen LogP contribution in [0.3, 0.4) is 0 Å². The molecule has 2 amide bonds. The molecule has 0 spiro atoms. The number of imide groups is 1. The molecule has 1 aliphatic heterocycles. The Balaban J connectivity index is 1.53. The molecule has 0 radical (unpaired) electrons. The second-order valence-electron chi connectivity index (χ2n) is 6.24. The SMILES string of the molecule is CCOC(=O)COc1ccc(SCCC23CC=CC=C2C(=O)NC3=O)cc1. The van der Waals surface area contributed by atoms with Crippen LogP contribution in [0.5, 0.6) is 5.75 Å². The van der Waals surface area contributed by atoms with Crippen LogP contribution in [0.15, 0.2) is 53.0 Å². The minimum atomic E-state index is -0.735. The molecule has 1 aliphatic carbocycles. The van der Waals surface area contributed by atoms with Gasteiger partial charge in [0.25, 0.3) is 5.91 Å². The van der Waals surface area contributed by atoms with Crippen molar-refractivity contribution in [3.8, 4) is 5.75 Å². The highest BCUT2D eigenvalue weighted by atomic mass is 32.2. The zero-order valence-corrected chi connectivity index (χ0v) is 15.8. The summed E-state index contributed by atoms with van der Waals surface area (Å²) in [5.41, 5.74) is -0.167. The van der Waals surface area contributed by atoms with Gasteiger partial charge in [-0.3, -0.25) is 14.9 Å². The maximum absolute atomic E-state index is 12.3. The Kier molecular flexibility index (Phi) is 6.01. The molecule has 3 rings (SSSR count). The quantitative estimate of drug-likeness (QED) is 0.420. The van der Waals surface area contributed by atoms with Crippen molar-refractivity contribution in [1.82, 2.24) is 5.32 Å². The number of hydrogen-bond acceptors (Lipinski definition) is 6. The molecule has 1 fully saturated rings. The summed E-state index contributed by atoms with van der Waals surface area (Å²) in [6.45, 7) is 1.96. The molecule has 1 unspecified atom stereocenters. The number of fused-ring (bicyclic) bond motifs is 1. The fourth-order valence-electron chi connectivity index (χ4n) is 3.17. The largest absolute Gasteiger partial charge is 0.482 e. The second kappa shape index (κ2) is 8.43. The fourth-order valence-corrected chi connectivity index (χ4v) is 4.19. The first-order valence-electron chi connectivity index (χ1n) is 8.79. The van der Waals surface area contributed by atoms with E-state index in [-0.39, 0.29) is 18.4 Å². The topological polar surface area (TPSA) is 81.7 Å². The highest BCUT2D eigenvalue weighted by Crippen LogP contribution is 2.43. The summed E-state index contributed by atoms with van der Waals surface area (Å²) < 4.78 is 10.2. The lowest BCUT2D eigenvalue weighted by atomic mass is 9.74. The molecule has 2 aliphatic rings. The Labute approximate surface area is 162 Å². The minimum Gasteiger partial charge on any atom is -0.482 e. The van der Waals surface area contributed by atoms with Gasteiger partial charge in [-0.2, -0.15) is 0 Å². The number of allylic oxidation sites excluding steroid dienone is 3. The molecule has 1 N–H and O–H groups in total. The van der Waals surface area contributed by atoms with Crippen LogP contribution in [0, 0.1) is 5.41 Å². The number of rotatable bonds is 8. The molecule has 1 atom stereocenters. The van der Waals surface area contributed by atoms with Crippen molar-refractivity contribution in [2.24, 2.45) is 5.41 Å². The third-order valence-electron chi connectivity index (χ3n) is 4.57. The highest BCUT2D eigenvalue weighted by Gasteiger charge is 2.50. The number of nitrogens with one attached hydrogen (secondary N) is 1. The molecule has 142 valence electrons. The molecule has 6 nitrogen and oxygen atoms in total. The summed E-state index contributed by atoms with van der Waals surface area (Å²) in [4.78, 5) is 36.6. The van der Waals surface area contributed by atoms with E-state index in [4.69, 9.17) is 9.47 Å². The zero-order chi connectivity index (χ0) is 19.3. The van der Waals surface area contributed by atoms with Crippen molar-refractivity contribution in [3.05, 3.63) is 48.1 Å². The molecular weight excluding hydrogens is 366 g/mol. The van der Waals surface area contributed by atoms with Crippen LogP contribution < -0.4 is 10.1 Å². The summed E-state index contributed by atoms with van der Waals surface area (Å²) in [5, 5.41) is 2.44. The summed E-state index contributed by atoms with van der Waals surface area (Å²) in [6.07, 6.45) is 6.64. The van der Waals surface area contributed by atoms with Gasteiger partial charge in [-0.05, 0) is 49.8 Å². The van der Waals surface area contributed by atoms with Gasteiger partial charge in [-0.1, -0.05) is 18.2 Å². The molecule has 0 saturated carbocycles. The monoisotopic (exact) mass is 387 g/mol. The third kappa shape index (κ3) is 4.24. The Hall–Kier alpha value is -2.54. The van der Waals surface area contributed by atoms with E-state index < -0.39 is 11.4 Å². The minimum absolute atomic E-state index is 0.116. The lowest BCUT2D eigenvalue weighted by Crippen LogP contribution is -2.33. The fraction of sp³-hybridized carbons (Fsp3) is 0.350. The third-order valence-corrected chi connectivity index (χ3v) is 5.58. The Morgan fingerprint density at radius 2 is 2.04 bits per heavy atom. The summed E-state index contributed by atoms with van der Waals surface area (Å²) in [7, 11) is 0.